The number of ether oxygens (including phenoxy) is 2. The lowest BCUT2D eigenvalue weighted by Crippen LogP contribution is -2.45. The number of likely N-dealkylation sites (tertiary alicyclic amines) is 2. The van der Waals surface area contributed by atoms with Crippen LogP contribution >= 0.6 is 0 Å². The van der Waals surface area contributed by atoms with Crippen LogP contribution in [0.15, 0.2) is 18.2 Å². The topological polar surface area (TPSA) is 119 Å². The first-order valence-corrected chi connectivity index (χ1v) is 11.6. The molecule has 1 saturated carbocycles. The summed E-state index contributed by atoms with van der Waals surface area (Å²) in [5.41, 5.74) is 9.88. The highest BCUT2D eigenvalue weighted by Gasteiger charge is 2.45. The van der Waals surface area contributed by atoms with Gasteiger partial charge in [0.25, 0.3) is 5.91 Å². The number of nitriles is 1. The fourth-order valence-corrected chi connectivity index (χ4v) is 5.68. The van der Waals surface area contributed by atoms with E-state index < -0.39 is 0 Å². The van der Waals surface area contributed by atoms with Gasteiger partial charge in [-0.2, -0.15) is 10.8 Å². The third-order valence-electron chi connectivity index (χ3n) is 7.51. The molecule has 1 aromatic carbocycles. The van der Waals surface area contributed by atoms with Crippen molar-refractivity contribution in [3.63, 3.8) is 0 Å². The first-order chi connectivity index (χ1) is 16.1. The van der Waals surface area contributed by atoms with E-state index in [9.17, 15) is 9.59 Å². The van der Waals surface area contributed by atoms with Crippen molar-refractivity contribution in [3.05, 3.63) is 23.8 Å². The highest BCUT2D eigenvalue weighted by atomic mass is 16.5. The normalized spacial score (nSPS) is 30.5. The number of carbonyl (C=O) groups excluding carboxylic acids is 2. The van der Waals surface area contributed by atoms with Gasteiger partial charge in [0.2, 0.25) is 5.91 Å². The molecule has 0 aromatic heterocycles. The molecule has 10 heteroatoms. The predicted molar refractivity (Wildman–Crippen MR) is 118 cm³/mol. The summed E-state index contributed by atoms with van der Waals surface area (Å²) in [6.45, 7) is 2.69. The molecular formula is C23H30N6O4. The fraction of sp³-hybridized carbons (Fsp3) is 0.609. The van der Waals surface area contributed by atoms with Gasteiger partial charge in [0.05, 0.1) is 18.7 Å². The maximum Gasteiger partial charge on any atom is 0.260 e. The summed E-state index contributed by atoms with van der Waals surface area (Å²) in [5, 5.41) is 9.01. The number of hydrogen-bond donors (Lipinski definition) is 3. The molecule has 33 heavy (non-hydrogen) atoms. The number of amides is 2. The number of methoxy groups -OCH3 is 1. The molecule has 176 valence electrons. The van der Waals surface area contributed by atoms with E-state index >= 15 is 0 Å². The highest BCUT2D eigenvalue weighted by molar-refractivity contribution is 5.80. The second-order valence-electron chi connectivity index (χ2n) is 9.46. The number of hydrogen-bond acceptors (Lipinski definition) is 8. The van der Waals surface area contributed by atoms with Crippen molar-refractivity contribution in [1.29, 1.82) is 5.26 Å². The number of carbonyl (C=O) groups is 2. The molecule has 0 bridgehead atoms. The Kier molecular flexibility index (Phi) is 6.10. The second kappa shape index (κ2) is 9.17. The molecule has 3 aliphatic heterocycles. The standard InChI is InChI=1S/C23H30N6O4/c1-32-21-6-14(8-24)2-5-20(21)33-13-22(30)28-9-16-11-29(12-17(16)10-28)23(31)15-3-4-18-19(7-15)26-27-25-18/h2,5-6,15-19,25-27H,3-4,7,9-13H2,1H3/t15?,16-,17-,18?,19?/m1/s1. The molecular weight excluding hydrogens is 424 g/mol. The Balaban J connectivity index is 1.11. The van der Waals surface area contributed by atoms with Gasteiger partial charge in [-0.3, -0.25) is 9.59 Å². The zero-order valence-electron chi connectivity index (χ0n) is 18.8. The van der Waals surface area contributed by atoms with Crippen LogP contribution < -0.4 is 25.9 Å². The van der Waals surface area contributed by atoms with E-state index in [2.05, 4.69) is 22.5 Å². The summed E-state index contributed by atoms with van der Waals surface area (Å²) in [5.74, 6) is 1.80. The van der Waals surface area contributed by atoms with Crippen molar-refractivity contribution in [2.45, 2.75) is 31.3 Å². The van der Waals surface area contributed by atoms with Crippen LogP contribution in [0.1, 0.15) is 24.8 Å². The predicted octanol–water partition coefficient (Wildman–Crippen LogP) is 0.0122. The summed E-state index contributed by atoms with van der Waals surface area (Å²) >= 11 is 0. The van der Waals surface area contributed by atoms with Gasteiger partial charge < -0.3 is 19.3 Å². The Morgan fingerprint density at radius 2 is 1.79 bits per heavy atom. The van der Waals surface area contributed by atoms with Crippen molar-refractivity contribution < 1.29 is 19.1 Å². The van der Waals surface area contributed by atoms with E-state index in [1.54, 1.807) is 18.2 Å². The summed E-state index contributed by atoms with van der Waals surface area (Å²) < 4.78 is 11.0. The number of nitrogens with one attached hydrogen (secondary N) is 3. The van der Waals surface area contributed by atoms with Gasteiger partial charge in [-0.25, -0.2) is 10.9 Å². The fourth-order valence-electron chi connectivity index (χ4n) is 5.68. The Morgan fingerprint density at radius 3 is 2.52 bits per heavy atom. The maximum atomic E-state index is 13.1. The summed E-state index contributed by atoms with van der Waals surface area (Å²) in [4.78, 5) is 29.7. The average Bonchev–Trinajstić information content (AvgIpc) is 3.56. The van der Waals surface area contributed by atoms with Crippen molar-refractivity contribution in [2.75, 3.05) is 39.9 Å². The molecule has 10 nitrogen and oxygen atoms in total. The molecule has 4 fully saturated rings. The molecule has 5 rings (SSSR count). The van der Waals surface area contributed by atoms with Crippen LogP contribution in [0.4, 0.5) is 0 Å². The lowest BCUT2D eigenvalue weighted by molar-refractivity contribution is -0.136. The molecule has 5 atom stereocenters. The molecule has 3 N–H and O–H groups in total. The molecule has 1 aliphatic carbocycles. The van der Waals surface area contributed by atoms with Crippen LogP contribution in [0.3, 0.4) is 0 Å². The average molecular weight is 455 g/mol. The van der Waals surface area contributed by atoms with Crippen LogP contribution in [0, 0.1) is 29.1 Å². The molecule has 3 unspecified atom stereocenters. The minimum Gasteiger partial charge on any atom is -0.493 e. The smallest absolute Gasteiger partial charge is 0.260 e. The SMILES string of the molecule is COc1cc(C#N)ccc1OCC(=O)N1C[C@@H]2CN(C(=O)C3CCC4NNNC4C3)C[C@H]2C1. The molecule has 0 spiro atoms. The van der Waals surface area contributed by atoms with Gasteiger partial charge in [0.1, 0.15) is 0 Å². The number of fused-ring (bicyclic) bond motifs is 2. The summed E-state index contributed by atoms with van der Waals surface area (Å²) in [6, 6.07) is 7.63. The van der Waals surface area contributed by atoms with Crippen molar-refractivity contribution in [3.8, 4) is 17.6 Å². The third kappa shape index (κ3) is 4.36. The van der Waals surface area contributed by atoms with E-state index in [-0.39, 0.29) is 24.3 Å². The molecule has 1 aromatic rings. The monoisotopic (exact) mass is 454 g/mol. The lowest BCUT2D eigenvalue weighted by Gasteiger charge is -2.32. The zero-order chi connectivity index (χ0) is 22.9. The van der Waals surface area contributed by atoms with Crippen molar-refractivity contribution in [1.82, 2.24) is 26.2 Å². The van der Waals surface area contributed by atoms with E-state index in [1.165, 1.54) is 7.11 Å². The van der Waals surface area contributed by atoms with Crippen LogP contribution in [0.5, 0.6) is 11.5 Å². The minimum atomic E-state index is -0.0793. The number of benzene rings is 1. The first kappa shape index (κ1) is 21.9. The van der Waals surface area contributed by atoms with E-state index in [4.69, 9.17) is 14.7 Å². The summed E-state index contributed by atoms with van der Waals surface area (Å²) in [6.07, 6.45) is 2.77. The quantitative estimate of drug-likeness (QED) is 0.570. The third-order valence-corrected chi connectivity index (χ3v) is 7.51. The molecule has 4 aliphatic rings. The van der Waals surface area contributed by atoms with Crippen LogP contribution in [0.2, 0.25) is 0 Å². The van der Waals surface area contributed by atoms with Crippen molar-refractivity contribution in [2.24, 2.45) is 17.8 Å². The van der Waals surface area contributed by atoms with Crippen LogP contribution in [-0.4, -0.2) is 73.6 Å². The van der Waals surface area contributed by atoms with E-state index in [1.807, 2.05) is 9.80 Å². The Hall–Kier alpha value is -2.87. The Labute approximate surface area is 193 Å². The Morgan fingerprint density at radius 1 is 1.06 bits per heavy atom. The maximum absolute atomic E-state index is 13.1. The zero-order valence-corrected chi connectivity index (χ0v) is 18.8. The van der Waals surface area contributed by atoms with Gasteiger partial charge in [-0.05, 0) is 31.4 Å². The van der Waals surface area contributed by atoms with Gasteiger partial charge >= 0.3 is 0 Å². The first-order valence-electron chi connectivity index (χ1n) is 11.6. The number of nitrogens with zero attached hydrogens (tertiary/aromatic N) is 3. The Bertz CT molecular complexity index is 951. The van der Waals surface area contributed by atoms with Gasteiger partial charge in [0.15, 0.2) is 18.1 Å². The molecule has 2 amide bonds. The minimum absolute atomic E-state index is 0.0701. The van der Waals surface area contributed by atoms with E-state index in [0.29, 0.717) is 54.1 Å². The largest absolute Gasteiger partial charge is 0.493 e. The highest BCUT2D eigenvalue weighted by Crippen LogP contribution is 2.35. The van der Waals surface area contributed by atoms with E-state index in [0.717, 1.165) is 32.4 Å². The molecule has 0 radical (unpaired) electrons. The molecule has 3 heterocycles. The van der Waals surface area contributed by atoms with Crippen molar-refractivity contribution >= 4 is 11.8 Å². The molecule has 3 saturated heterocycles. The number of rotatable bonds is 5. The number of hydrazine groups is 2. The van der Waals surface area contributed by atoms with Crippen LogP contribution in [-0.2, 0) is 9.59 Å². The summed E-state index contributed by atoms with van der Waals surface area (Å²) in [7, 11) is 1.50. The van der Waals surface area contributed by atoms with Gasteiger partial charge in [-0.15, -0.1) is 0 Å². The van der Waals surface area contributed by atoms with Crippen LogP contribution in [0.25, 0.3) is 0 Å². The van der Waals surface area contributed by atoms with Gasteiger partial charge in [0, 0.05) is 62.1 Å². The second-order valence-corrected chi connectivity index (χ2v) is 9.46. The lowest BCUT2D eigenvalue weighted by atomic mass is 9.82. The van der Waals surface area contributed by atoms with Gasteiger partial charge in [-0.1, -0.05) is 0 Å².